The molecule has 2 aromatic heterocycles. The van der Waals surface area contributed by atoms with E-state index in [0.717, 1.165) is 61.5 Å². The molecule has 0 saturated carbocycles. The van der Waals surface area contributed by atoms with E-state index in [1.807, 2.05) is 18.2 Å². The molecular weight excluding hydrogens is 553 g/mol. The number of benzene rings is 2. The maximum atomic E-state index is 14.2. The number of ether oxygens (including phenoxy) is 3. The Bertz CT molecular complexity index is 1660. The Morgan fingerprint density at radius 3 is 2.65 bits per heavy atom. The van der Waals surface area contributed by atoms with E-state index in [2.05, 4.69) is 14.5 Å². The lowest BCUT2D eigenvalue weighted by Crippen LogP contribution is -2.38. The maximum absolute atomic E-state index is 14.2. The molecule has 2 fully saturated rings. The highest BCUT2D eigenvalue weighted by atomic mass is 19.1. The number of pyridine rings is 1. The maximum Gasteiger partial charge on any atom is 0.335 e. The van der Waals surface area contributed by atoms with Crippen molar-refractivity contribution in [3.05, 3.63) is 88.6 Å². The molecule has 11 heteroatoms. The van der Waals surface area contributed by atoms with E-state index < -0.39 is 11.8 Å². The normalized spacial score (nSPS) is 17.4. The van der Waals surface area contributed by atoms with Crippen molar-refractivity contribution in [2.24, 2.45) is 0 Å². The lowest BCUT2D eigenvalue weighted by atomic mass is 10.1. The van der Waals surface area contributed by atoms with E-state index in [-0.39, 0.29) is 29.9 Å². The molecular formula is C32H32FN5O5. The molecule has 1 N–H and O–H groups in total. The molecule has 0 aliphatic carbocycles. The van der Waals surface area contributed by atoms with Crippen LogP contribution in [0.3, 0.4) is 0 Å². The van der Waals surface area contributed by atoms with Crippen molar-refractivity contribution in [3.63, 3.8) is 0 Å². The first kappa shape index (κ1) is 28.7. The van der Waals surface area contributed by atoms with Gasteiger partial charge in [0.15, 0.2) is 0 Å². The van der Waals surface area contributed by atoms with Gasteiger partial charge in [-0.3, -0.25) is 4.90 Å². The Morgan fingerprint density at radius 2 is 1.93 bits per heavy atom. The van der Waals surface area contributed by atoms with Crippen LogP contribution in [0.15, 0.2) is 54.6 Å². The number of aromatic nitrogens is 3. The number of rotatable bonds is 11. The summed E-state index contributed by atoms with van der Waals surface area (Å²) in [6, 6.07) is 16.7. The fourth-order valence-corrected chi connectivity index (χ4v) is 5.40. The van der Waals surface area contributed by atoms with Gasteiger partial charge in [0.1, 0.15) is 18.2 Å². The molecule has 0 spiro atoms. The topological polar surface area (TPSA) is 123 Å². The summed E-state index contributed by atoms with van der Waals surface area (Å²) in [7, 11) is 0. The van der Waals surface area contributed by atoms with Gasteiger partial charge in [-0.05, 0) is 55.7 Å². The lowest BCUT2D eigenvalue weighted by Gasteiger charge is -2.32. The van der Waals surface area contributed by atoms with Crippen LogP contribution in [0.2, 0.25) is 0 Å². The molecule has 0 amide bonds. The molecule has 2 aromatic carbocycles. The van der Waals surface area contributed by atoms with E-state index in [1.165, 1.54) is 6.07 Å². The number of imidazole rings is 1. The number of carboxylic acids is 1. The Morgan fingerprint density at radius 1 is 1.09 bits per heavy atom. The molecule has 2 saturated heterocycles. The molecule has 222 valence electrons. The molecule has 43 heavy (non-hydrogen) atoms. The number of fused-ring (bicyclic) bond motifs is 1. The summed E-state index contributed by atoms with van der Waals surface area (Å²) in [5, 5.41) is 18.4. The smallest absolute Gasteiger partial charge is 0.335 e. The second-order valence-electron chi connectivity index (χ2n) is 10.9. The number of carboxylic acid groups (broad SMARTS) is 1. The molecule has 10 nitrogen and oxygen atoms in total. The number of hydrogen-bond acceptors (Lipinski definition) is 8. The summed E-state index contributed by atoms with van der Waals surface area (Å²) in [4.78, 5) is 23.3. The number of hydrogen-bond donors (Lipinski definition) is 1. The van der Waals surface area contributed by atoms with Gasteiger partial charge in [-0.15, -0.1) is 0 Å². The number of nitriles is 1. The largest absolute Gasteiger partial charge is 0.478 e. The summed E-state index contributed by atoms with van der Waals surface area (Å²) in [5.74, 6) is -0.146. The zero-order valence-corrected chi connectivity index (χ0v) is 23.6. The van der Waals surface area contributed by atoms with Crippen LogP contribution in [0.4, 0.5) is 4.39 Å². The first-order chi connectivity index (χ1) is 20.9. The van der Waals surface area contributed by atoms with Gasteiger partial charge in [-0.1, -0.05) is 12.1 Å². The predicted molar refractivity (Wildman–Crippen MR) is 154 cm³/mol. The predicted octanol–water partition coefficient (Wildman–Crippen LogP) is 4.69. The average molecular weight is 586 g/mol. The number of nitrogens with zero attached hydrogens (tertiary/aromatic N) is 5. The van der Waals surface area contributed by atoms with Crippen LogP contribution in [0.1, 0.15) is 52.3 Å². The van der Waals surface area contributed by atoms with Crippen LogP contribution < -0.4 is 4.74 Å². The Balaban J connectivity index is 1.02. The van der Waals surface area contributed by atoms with Crippen LogP contribution in [-0.4, -0.2) is 62.4 Å². The number of likely N-dealkylation sites (tertiary alicyclic amines) is 1. The van der Waals surface area contributed by atoms with E-state index in [4.69, 9.17) is 24.5 Å². The molecule has 1 unspecified atom stereocenters. The van der Waals surface area contributed by atoms with Gasteiger partial charge < -0.3 is 23.9 Å². The zero-order chi connectivity index (χ0) is 29.8. The van der Waals surface area contributed by atoms with Gasteiger partial charge in [0.2, 0.25) is 5.88 Å². The van der Waals surface area contributed by atoms with Gasteiger partial charge in [0.05, 0.1) is 65.8 Å². The van der Waals surface area contributed by atoms with E-state index >= 15 is 0 Å². The SMILES string of the molecule is N#Cc1ccc(COc2cccc(COC3CCN(Cc4nc5ccc(C(=O)O)cc5n4CC4CCO4)CC3)n2)c(F)c1. The fraction of sp³-hybridized carbons (Fsp3) is 0.375. The van der Waals surface area contributed by atoms with Crippen molar-refractivity contribution in [1.29, 1.82) is 5.26 Å². The standard InChI is InChI=1S/C32H32FN5O5/c33-27-14-21(16-34)4-5-23(27)19-43-31-3-1-2-24(35-31)20-42-25-8-11-37(12-9-25)18-30-36-28-7-6-22(32(39)40)15-29(28)38(30)17-26-10-13-41-26/h1-7,14-15,25-26H,8-13,17-20H2,(H,39,40). The Hall–Kier alpha value is -4.37. The third-order valence-corrected chi connectivity index (χ3v) is 7.96. The minimum Gasteiger partial charge on any atom is -0.478 e. The minimum atomic E-state index is -0.953. The minimum absolute atomic E-state index is 0.00944. The summed E-state index contributed by atoms with van der Waals surface area (Å²) >= 11 is 0. The summed E-state index contributed by atoms with van der Waals surface area (Å²) < 4.78 is 33.8. The highest BCUT2D eigenvalue weighted by molar-refractivity contribution is 5.92. The van der Waals surface area contributed by atoms with Crippen molar-refractivity contribution in [1.82, 2.24) is 19.4 Å². The second kappa shape index (κ2) is 12.9. The quantitative estimate of drug-likeness (QED) is 0.267. The van der Waals surface area contributed by atoms with Crippen molar-refractivity contribution >= 4 is 17.0 Å². The van der Waals surface area contributed by atoms with Crippen LogP contribution in [0, 0.1) is 17.1 Å². The molecule has 1 atom stereocenters. The number of piperidine rings is 1. The third-order valence-electron chi connectivity index (χ3n) is 7.96. The number of aromatic carboxylic acids is 1. The molecule has 4 aromatic rings. The van der Waals surface area contributed by atoms with Crippen molar-refractivity contribution in [3.8, 4) is 11.9 Å². The first-order valence-corrected chi connectivity index (χ1v) is 14.4. The van der Waals surface area contributed by atoms with E-state index in [1.54, 1.807) is 36.4 Å². The summed E-state index contributed by atoms with van der Waals surface area (Å²) in [6.07, 6.45) is 2.93. The monoisotopic (exact) mass is 585 g/mol. The van der Waals surface area contributed by atoms with Gasteiger partial charge in [0, 0.05) is 31.3 Å². The summed E-state index contributed by atoms with van der Waals surface area (Å²) in [5.41, 5.74) is 3.21. The summed E-state index contributed by atoms with van der Waals surface area (Å²) in [6.45, 7) is 4.13. The number of halogens is 1. The van der Waals surface area contributed by atoms with E-state index in [9.17, 15) is 14.3 Å². The molecule has 0 bridgehead atoms. The third kappa shape index (κ3) is 6.83. The molecule has 2 aliphatic heterocycles. The molecule has 6 rings (SSSR count). The Kier molecular flexibility index (Phi) is 8.60. The van der Waals surface area contributed by atoms with Crippen LogP contribution >= 0.6 is 0 Å². The van der Waals surface area contributed by atoms with Crippen LogP contribution in [0.5, 0.6) is 5.88 Å². The number of carbonyl (C=O) groups is 1. The van der Waals surface area contributed by atoms with Gasteiger partial charge >= 0.3 is 5.97 Å². The molecule has 0 radical (unpaired) electrons. The highest BCUT2D eigenvalue weighted by Crippen LogP contribution is 2.25. The van der Waals surface area contributed by atoms with Crippen LogP contribution in [0.25, 0.3) is 11.0 Å². The zero-order valence-electron chi connectivity index (χ0n) is 23.6. The van der Waals surface area contributed by atoms with Crippen molar-refractivity contribution < 1.29 is 28.5 Å². The average Bonchev–Trinajstić information content (AvgIpc) is 3.33. The highest BCUT2D eigenvalue weighted by Gasteiger charge is 2.25. The van der Waals surface area contributed by atoms with Crippen molar-refractivity contribution in [2.75, 3.05) is 19.7 Å². The Labute approximate surface area is 248 Å². The van der Waals surface area contributed by atoms with Crippen molar-refractivity contribution in [2.45, 2.75) is 57.8 Å². The molecule has 4 heterocycles. The van der Waals surface area contributed by atoms with Crippen LogP contribution in [-0.2, 0) is 35.8 Å². The van der Waals surface area contributed by atoms with Gasteiger partial charge in [-0.2, -0.15) is 5.26 Å². The van der Waals surface area contributed by atoms with Gasteiger partial charge in [-0.25, -0.2) is 19.2 Å². The fourth-order valence-electron chi connectivity index (χ4n) is 5.40. The van der Waals surface area contributed by atoms with Gasteiger partial charge in [0.25, 0.3) is 0 Å². The van der Waals surface area contributed by atoms with E-state index in [0.29, 0.717) is 31.1 Å². The second-order valence-corrected chi connectivity index (χ2v) is 10.9. The first-order valence-electron chi connectivity index (χ1n) is 14.4. The molecule has 2 aliphatic rings. The lowest BCUT2D eigenvalue weighted by molar-refractivity contribution is -0.0593.